The highest BCUT2D eigenvalue weighted by atomic mass is 16.5. The van der Waals surface area contributed by atoms with Crippen molar-refractivity contribution in [2.45, 2.75) is 25.9 Å². The van der Waals surface area contributed by atoms with Crippen LogP contribution in [0.4, 0.5) is 0 Å². The fourth-order valence-electron chi connectivity index (χ4n) is 1.91. The van der Waals surface area contributed by atoms with Gasteiger partial charge in [-0.1, -0.05) is 18.2 Å². The Balaban J connectivity index is 2.41. The smallest absolute Gasteiger partial charge is 0.142 e. The predicted octanol–water partition coefficient (Wildman–Crippen LogP) is 2.61. The molecule has 15 heavy (non-hydrogen) atoms. The molecular weight excluding hydrogens is 188 g/mol. The van der Waals surface area contributed by atoms with E-state index in [4.69, 9.17) is 4.74 Å². The number of aldehydes is 1. The van der Waals surface area contributed by atoms with Crippen LogP contribution < -0.4 is 4.74 Å². The Morgan fingerprint density at radius 1 is 1.40 bits per heavy atom. The van der Waals surface area contributed by atoms with Crippen molar-refractivity contribution in [3.05, 3.63) is 35.4 Å². The molecular formula is C13H14O2. The highest BCUT2D eigenvalue weighted by Gasteiger charge is 2.30. The van der Waals surface area contributed by atoms with Gasteiger partial charge in [0.2, 0.25) is 0 Å². The number of benzene rings is 1. The maximum absolute atomic E-state index is 10.3. The molecule has 0 unspecified atom stereocenters. The molecule has 2 nitrogen and oxygen atoms in total. The first-order valence-electron chi connectivity index (χ1n) is 5.05. The molecule has 0 spiro atoms. The van der Waals surface area contributed by atoms with E-state index in [0.29, 0.717) is 0 Å². The molecule has 1 aromatic rings. The summed E-state index contributed by atoms with van der Waals surface area (Å²) in [5, 5.41) is 0. The van der Waals surface area contributed by atoms with E-state index in [1.54, 1.807) is 6.08 Å². The predicted molar refractivity (Wildman–Crippen MR) is 60.0 cm³/mol. The summed E-state index contributed by atoms with van der Waals surface area (Å²) < 4.78 is 5.86. The molecule has 0 aromatic heterocycles. The molecule has 1 heterocycles. The topological polar surface area (TPSA) is 26.3 Å². The summed E-state index contributed by atoms with van der Waals surface area (Å²) in [4.78, 5) is 10.3. The zero-order valence-electron chi connectivity index (χ0n) is 8.99. The van der Waals surface area contributed by atoms with E-state index in [1.165, 1.54) is 11.6 Å². The molecule has 0 saturated heterocycles. The molecule has 0 aliphatic carbocycles. The Kier molecular flexibility index (Phi) is 2.35. The lowest BCUT2D eigenvalue weighted by molar-refractivity contribution is -0.104. The van der Waals surface area contributed by atoms with Gasteiger partial charge in [-0.3, -0.25) is 4.79 Å². The van der Waals surface area contributed by atoms with Gasteiger partial charge in [-0.25, -0.2) is 0 Å². The van der Waals surface area contributed by atoms with E-state index in [1.807, 2.05) is 12.1 Å². The van der Waals surface area contributed by atoms with Crippen molar-refractivity contribution >= 4 is 12.4 Å². The van der Waals surface area contributed by atoms with Crippen LogP contribution in [0, 0.1) is 0 Å². The number of fused-ring (bicyclic) bond motifs is 1. The van der Waals surface area contributed by atoms with Gasteiger partial charge >= 0.3 is 0 Å². The number of para-hydroxylation sites is 1. The minimum atomic E-state index is -0.131. The van der Waals surface area contributed by atoms with Gasteiger partial charge in [0.05, 0.1) is 0 Å². The average Bonchev–Trinajstić information content (AvgIpc) is 2.49. The van der Waals surface area contributed by atoms with Gasteiger partial charge in [-0.15, -0.1) is 0 Å². The molecule has 1 aliphatic heterocycles. The number of hydrogen-bond donors (Lipinski definition) is 0. The van der Waals surface area contributed by atoms with Crippen molar-refractivity contribution in [2.75, 3.05) is 0 Å². The van der Waals surface area contributed by atoms with E-state index < -0.39 is 0 Å². The second-order valence-corrected chi connectivity index (χ2v) is 4.37. The second kappa shape index (κ2) is 3.54. The first-order valence-corrected chi connectivity index (χ1v) is 5.05. The molecule has 2 heteroatoms. The highest BCUT2D eigenvalue weighted by Crippen LogP contribution is 2.37. The van der Waals surface area contributed by atoms with Crippen LogP contribution in [-0.2, 0) is 11.2 Å². The molecule has 0 radical (unpaired) electrons. The largest absolute Gasteiger partial charge is 0.487 e. The van der Waals surface area contributed by atoms with Gasteiger partial charge in [0.15, 0.2) is 0 Å². The Bertz CT molecular complexity index is 417. The third-order valence-electron chi connectivity index (χ3n) is 2.48. The zero-order chi connectivity index (χ0) is 10.9. The highest BCUT2D eigenvalue weighted by molar-refractivity contribution is 5.76. The van der Waals surface area contributed by atoms with Crippen molar-refractivity contribution in [3.63, 3.8) is 0 Å². The van der Waals surface area contributed by atoms with Crippen molar-refractivity contribution < 1.29 is 9.53 Å². The van der Waals surface area contributed by atoms with Crippen LogP contribution >= 0.6 is 0 Å². The number of ether oxygens (including phenoxy) is 1. The summed E-state index contributed by atoms with van der Waals surface area (Å²) in [5.74, 6) is 0.917. The monoisotopic (exact) mass is 202 g/mol. The third kappa shape index (κ3) is 1.94. The lowest BCUT2D eigenvalue weighted by atomic mass is 10.0. The second-order valence-electron chi connectivity index (χ2n) is 4.37. The molecule has 0 bridgehead atoms. The van der Waals surface area contributed by atoms with Crippen molar-refractivity contribution in [1.29, 1.82) is 0 Å². The van der Waals surface area contributed by atoms with Crippen LogP contribution in [0.2, 0.25) is 0 Å². The van der Waals surface area contributed by atoms with Gasteiger partial charge < -0.3 is 4.74 Å². The lowest BCUT2D eigenvalue weighted by Crippen LogP contribution is -2.24. The summed E-state index contributed by atoms with van der Waals surface area (Å²) in [6, 6.07) is 6.02. The van der Waals surface area contributed by atoms with Crippen LogP contribution in [0.5, 0.6) is 5.75 Å². The standard InChI is InChI=1S/C13H14O2/c1-13(2)9-11-6-3-5-10(7-4-8-14)12(11)15-13/h3-8H,9H2,1-2H3. The number of allylic oxidation sites excluding steroid dienone is 1. The minimum Gasteiger partial charge on any atom is -0.487 e. The molecule has 2 rings (SSSR count). The van der Waals surface area contributed by atoms with Crippen LogP contribution in [0.1, 0.15) is 25.0 Å². The lowest BCUT2D eigenvalue weighted by Gasteiger charge is -2.17. The maximum atomic E-state index is 10.3. The zero-order valence-corrected chi connectivity index (χ0v) is 8.99. The van der Waals surface area contributed by atoms with Crippen LogP contribution in [-0.4, -0.2) is 11.9 Å². The van der Waals surface area contributed by atoms with E-state index >= 15 is 0 Å². The van der Waals surface area contributed by atoms with Gasteiger partial charge in [-0.2, -0.15) is 0 Å². The Hall–Kier alpha value is -1.57. The number of carbonyl (C=O) groups excluding carboxylic acids is 1. The molecule has 1 aromatic carbocycles. The molecule has 0 atom stereocenters. The molecule has 78 valence electrons. The Labute approximate surface area is 89.6 Å². The van der Waals surface area contributed by atoms with Crippen LogP contribution in [0.15, 0.2) is 24.3 Å². The summed E-state index contributed by atoms with van der Waals surface area (Å²) in [6.07, 6.45) is 4.97. The summed E-state index contributed by atoms with van der Waals surface area (Å²) in [6.45, 7) is 4.14. The summed E-state index contributed by atoms with van der Waals surface area (Å²) in [7, 11) is 0. The normalized spacial score (nSPS) is 17.5. The molecule has 0 saturated carbocycles. The first kappa shape index (κ1) is 9.97. The molecule has 1 aliphatic rings. The fourth-order valence-corrected chi connectivity index (χ4v) is 1.91. The number of hydrogen-bond acceptors (Lipinski definition) is 2. The van der Waals surface area contributed by atoms with Gasteiger partial charge in [0.1, 0.15) is 17.6 Å². The van der Waals surface area contributed by atoms with Crippen molar-refractivity contribution in [1.82, 2.24) is 0 Å². The van der Waals surface area contributed by atoms with Gasteiger partial charge in [0, 0.05) is 12.0 Å². The molecule has 0 N–H and O–H groups in total. The average molecular weight is 202 g/mol. The van der Waals surface area contributed by atoms with E-state index in [-0.39, 0.29) is 5.60 Å². The SMILES string of the molecule is CC1(C)Cc2cccc(C=CC=O)c2O1. The minimum absolute atomic E-state index is 0.131. The van der Waals surface area contributed by atoms with Crippen molar-refractivity contribution in [2.24, 2.45) is 0 Å². The van der Waals surface area contributed by atoms with E-state index in [9.17, 15) is 4.79 Å². The Morgan fingerprint density at radius 2 is 2.20 bits per heavy atom. The van der Waals surface area contributed by atoms with Gasteiger partial charge in [-0.05, 0) is 31.6 Å². The van der Waals surface area contributed by atoms with Gasteiger partial charge in [0.25, 0.3) is 0 Å². The van der Waals surface area contributed by atoms with Crippen molar-refractivity contribution in [3.8, 4) is 5.75 Å². The van der Waals surface area contributed by atoms with Crippen LogP contribution in [0.3, 0.4) is 0 Å². The number of rotatable bonds is 2. The summed E-state index contributed by atoms with van der Waals surface area (Å²) in [5.41, 5.74) is 2.06. The molecule has 0 amide bonds. The first-order chi connectivity index (χ1) is 7.12. The van der Waals surface area contributed by atoms with E-state index in [2.05, 4.69) is 19.9 Å². The van der Waals surface area contributed by atoms with E-state index in [0.717, 1.165) is 24.0 Å². The number of carbonyl (C=O) groups is 1. The maximum Gasteiger partial charge on any atom is 0.142 e. The fraction of sp³-hybridized carbons (Fsp3) is 0.308. The third-order valence-corrected chi connectivity index (χ3v) is 2.48. The Morgan fingerprint density at radius 3 is 2.93 bits per heavy atom. The molecule has 0 fully saturated rings. The summed E-state index contributed by atoms with van der Waals surface area (Å²) >= 11 is 0. The van der Waals surface area contributed by atoms with Crippen LogP contribution in [0.25, 0.3) is 6.08 Å². The quantitative estimate of drug-likeness (QED) is 0.544.